The summed E-state index contributed by atoms with van der Waals surface area (Å²) >= 11 is 0. The second-order valence-electron chi connectivity index (χ2n) is 9.43. The molecule has 1 saturated carbocycles. The first-order valence-electron chi connectivity index (χ1n) is 11.9. The van der Waals surface area contributed by atoms with Gasteiger partial charge < -0.3 is 15.1 Å². The van der Waals surface area contributed by atoms with Crippen molar-refractivity contribution >= 4 is 17.7 Å². The molecular weight excluding hydrogens is 458 g/mol. The quantitative estimate of drug-likeness (QED) is 0.627. The molecule has 2 aliphatic heterocycles. The fourth-order valence-electron chi connectivity index (χ4n) is 5.33. The van der Waals surface area contributed by atoms with Gasteiger partial charge in [0.1, 0.15) is 18.2 Å². The third-order valence-electron chi connectivity index (χ3n) is 7.34. The largest absolute Gasteiger partial charge is 0.350 e. The molecule has 2 heterocycles. The molecule has 1 aliphatic carbocycles. The Balaban J connectivity index is 1.30. The maximum atomic E-state index is 14.1. The highest BCUT2D eigenvalue weighted by atomic mass is 19.1. The number of benzene rings is 1. The summed E-state index contributed by atoms with van der Waals surface area (Å²) in [5, 5.41) is 14.6. The second kappa shape index (κ2) is 10.7. The Morgan fingerprint density at radius 3 is 2.49 bits per heavy atom. The van der Waals surface area contributed by atoms with Crippen molar-refractivity contribution in [3.05, 3.63) is 34.9 Å². The zero-order valence-corrected chi connectivity index (χ0v) is 19.7. The smallest absolute Gasteiger partial charge is 0.239 e. The Labute approximate surface area is 203 Å². The number of rotatable bonds is 5. The summed E-state index contributed by atoms with van der Waals surface area (Å²) in [6.45, 7) is 4.20. The van der Waals surface area contributed by atoms with Gasteiger partial charge in [0.25, 0.3) is 0 Å². The van der Waals surface area contributed by atoms with Crippen molar-refractivity contribution < 1.29 is 23.2 Å². The normalized spacial score (nSPS) is 25.1. The molecular formula is C24H30F2N6O3. The van der Waals surface area contributed by atoms with Crippen LogP contribution in [-0.2, 0) is 20.9 Å². The summed E-state index contributed by atoms with van der Waals surface area (Å²) in [6, 6.07) is 3.84. The lowest BCUT2D eigenvalue weighted by molar-refractivity contribution is -0.146. The van der Waals surface area contributed by atoms with E-state index in [-0.39, 0.29) is 60.7 Å². The lowest BCUT2D eigenvalue weighted by Crippen LogP contribution is -2.62. The fraction of sp³-hybridized carbons (Fsp3) is 0.583. The van der Waals surface area contributed by atoms with Crippen LogP contribution < -0.4 is 10.6 Å². The van der Waals surface area contributed by atoms with Crippen LogP contribution in [0.5, 0.6) is 0 Å². The Bertz CT molecular complexity index is 1010. The molecule has 2 N–H and O–H groups in total. The van der Waals surface area contributed by atoms with Crippen molar-refractivity contribution in [3.8, 4) is 6.07 Å². The number of fused-ring (bicyclic) bond motifs is 1. The molecule has 0 aromatic heterocycles. The molecule has 0 spiro atoms. The van der Waals surface area contributed by atoms with Gasteiger partial charge in [-0.05, 0) is 31.4 Å². The molecule has 11 heteroatoms. The first-order chi connectivity index (χ1) is 16.8. The summed E-state index contributed by atoms with van der Waals surface area (Å²) in [6.07, 6.45) is 2.53. The fourth-order valence-corrected chi connectivity index (χ4v) is 5.33. The topological polar surface area (TPSA) is 109 Å². The molecule has 9 nitrogen and oxygen atoms in total. The Morgan fingerprint density at radius 1 is 1.17 bits per heavy atom. The van der Waals surface area contributed by atoms with Crippen LogP contribution in [0.15, 0.2) is 12.1 Å². The van der Waals surface area contributed by atoms with Crippen LogP contribution in [-0.4, -0.2) is 83.9 Å². The number of piperazine rings is 1. The molecule has 4 rings (SSSR count). The van der Waals surface area contributed by atoms with E-state index in [1.807, 2.05) is 4.90 Å². The van der Waals surface area contributed by atoms with E-state index in [0.29, 0.717) is 19.5 Å². The third kappa shape index (κ3) is 5.60. The van der Waals surface area contributed by atoms with E-state index >= 15 is 0 Å². The average Bonchev–Trinajstić information content (AvgIpc) is 2.85. The predicted molar refractivity (Wildman–Crippen MR) is 121 cm³/mol. The van der Waals surface area contributed by atoms with Crippen LogP contribution in [0.1, 0.15) is 37.3 Å². The molecule has 3 aliphatic rings. The van der Waals surface area contributed by atoms with Crippen LogP contribution in [0.2, 0.25) is 0 Å². The van der Waals surface area contributed by atoms with E-state index in [1.54, 1.807) is 13.0 Å². The number of nitrogens with one attached hydrogen (secondary N) is 2. The van der Waals surface area contributed by atoms with Crippen molar-refractivity contribution in [2.45, 2.75) is 44.8 Å². The zero-order chi connectivity index (χ0) is 25.1. The van der Waals surface area contributed by atoms with Gasteiger partial charge in [-0.3, -0.25) is 24.6 Å². The number of nitriles is 1. The number of carbonyl (C=O) groups is 3. The minimum atomic E-state index is -0.905. The lowest BCUT2D eigenvalue weighted by atomic mass is 9.79. The lowest BCUT2D eigenvalue weighted by Gasteiger charge is -2.47. The number of amides is 3. The number of nitrogens with zero attached hydrogens (tertiary/aromatic N) is 4. The summed E-state index contributed by atoms with van der Waals surface area (Å²) in [4.78, 5) is 42.9. The van der Waals surface area contributed by atoms with E-state index in [2.05, 4.69) is 15.5 Å². The molecule has 3 fully saturated rings. The average molecular weight is 489 g/mol. The van der Waals surface area contributed by atoms with Crippen LogP contribution >= 0.6 is 0 Å². The van der Waals surface area contributed by atoms with Gasteiger partial charge >= 0.3 is 0 Å². The standard InChI is InChI=1S/C24H30F2N6O3/c1-15(33)30-4-6-31(7-5-30)17-2-3-22-18(10-17)24(35)32(14-29-22)13-23(34)28-12-19-20(25)8-16(11-27)9-21(19)26/h8-9,17-18,22,29H,2-7,10,12-14H2,1H3,(H,28,34). The predicted octanol–water partition coefficient (Wildman–Crippen LogP) is 0.543. The summed E-state index contributed by atoms with van der Waals surface area (Å²) < 4.78 is 28.1. The van der Waals surface area contributed by atoms with E-state index in [0.717, 1.165) is 38.1 Å². The van der Waals surface area contributed by atoms with Gasteiger partial charge in [-0.25, -0.2) is 8.78 Å². The van der Waals surface area contributed by atoms with Crippen LogP contribution in [0, 0.1) is 28.9 Å². The van der Waals surface area contributed by atoms with E-state index in [4.69, 9.17) is 5.26 Å². The minimum absolute atomic E-state index is 0.0680. The number of carbonyl (C=O) groups excluding carboxylic acids is 3. The molecule has 3 unspecified atom stereocenters. The first-order valence-corrected chi connectivity index (χ1v) is 11.9. The minimum Gasteiger partial charge on any atom is -0.350 e. The third-order valence-corrected chi connectivity index (χ3v) is 7.34. The number of hydrogen-bond acceptors (Lipinski definition) is 6. The maximum absolute atomic E-state index is 14.1. The molecule has 3 atom stereocenters. The molecule has 1 aromatic rings. The Hall–Kier alpha value is -3.10. The van der Waals surface area contributed by atoms with Gasteiger partial charge in [-0.2, -0.15) is 5.26 Å². The van der Waals surface area contributed by atoms with E-state index < -0.39 is 17.5 Å². The summed E-state index contributed by atoms with van der Waals surface area (Å²) in [5.74, 6) is -2.58. The van der Waals surface area contributed by atoms with Gasteiger partial charge in [0, 0.05) is 57.3 Å². The highest BCUT2D eigenvalue weighted by Gasteiger charge is 2.42. The van der Waals surface area contributed by atoms with Crippen LogP contribution in [0.3, 0.4) is 0 Å². The SMILES string of the molecule is CC(=O)N1CCN(C2CCC3NCN(CC(=O)NCc4c(F)cc(C#N)cc4F)C(=O)C3C2)CC1. The second-order valence-corrected chi connectivity index (χ2v) is 9.43. The number of halogens is 2. The molecule has 3 amide bonds. The zero-order valence-electron chi connectivity index (χ0n) is 19.7. The monoisotopic (exact) mass is 488 g/mol. The van der Waals surface area contributed by atoms with Crippen LogP contribution in [0.25, 0.3) is 0 Å². The molecule has 0 bridgehead atoms. The first kappa shape index (κ1) is 25.0. The summed E-state index contributed by atoms with van der Waals surface area (Å²) in [7, 11) is 0. The highest BCUT2D eigenvalue weighted by molar-refractivity contribution is 5.87. The van der Waals surface area contributed by atoms with E-state index in [9.17, 15) is 23.2 Å². The van der Waals surface area contributed by atoms with Gasteiger partial charge in [-0.1, -0.05) is 0 Å². The Morgan fingerprint density at radius 2 is 1.86 bits per heavy atom. The molecule has 35 heavy (non-hydrogen) atoms. The van der Waals surface area contributed by atoms with Crippen molar-refractivity contribution in [2.24, 2.45) is 5.92 Å². The van der Waals surface area contributed by atoms with Crippen molar-refractivity contribution in [1.29, 1.82) is 5.26 Å². The highest BCUT2D eigenvalue weighted by Crippen LogP contribution is 2.32. The van der Waals surface area contributed by atoms with Crippen molar-refractivity contribution in [3.63, 3.8) is 0 Å². The summed E-state index contributed by atoms with van der Waals surface area (Å²) in [5.41, 5.74) is -0.471. The van der Waals surface area contributed by atoms with Crippen molar-refractivity contribution in [2.75, 3.05) is 39.4 Å². The molecule has 188 valence electrons. The van der Waals surface area contributed by atoms with Crippen LogP contribution in [0.4, 0.5) is 8.78 Å². The van der Waals surface area contributed by atoms with Gasteiger partial charge in [0.15, 0.2) is 0 Å². The van der Waals surface area contributed by atoms with Gasteiger partial charge in [-0.15, -0.1) is 0 Å². The molecule has 0 radical (unpaired) electrons. The van der Waals surface area contributed by atoms with Gasteiger partial charge in [0.05, 0.1) is 24.2 Å². The molecule has 2 saturated heterocycles. The maximum Gasteiger partial charge on any atom is 0.239 e. The van der Waals surface area contributed by atoms with Gasteiger partial charge in [0.2, 0.25) is 17.7 Å². The van der Waals surface area contributed by atoms with E-state index in [1.165, 1.54) is 4.90 Å². The Kier molecular flexibility index (Phi) is 7.62. The number of hydrogen-bond donors (Lipinski definition) is 2. The van der Waals surface area contributed by atoms with Crippen molar-refractivity contribution in [1.82, 2.24) is 25.3 Å². The molecule has 1 aromatic carbocycles.